The highest BCUT2D eigenvalue weighted by Gasteiger charge is 2.30. The van der Waals surface area contributed by atoms with Crippen LogP contribution in [0.4, 0.5) is 5.69 Å². The maximum Gasteiger partial charge on any atom is 0.239 e. The van der Waals surface area contributed by atoms with Gasteiger partial charge in [0.1, 0.15) is 11.5 Å². The third-order valence-corrected chi connectivity index (χ3v) is 5.55. The van der Waals surface area contributed by atoms with Gasteiger partial charge in [-0.3, -0.25) is 4.79 Å². The number of carbonyl (C=O) groups excluding carboxylic acids is 1. The Hall–Kier alpha value is -2.00. The third kappa shape index (κ3) is 4.35. The summed E-state index contributed by atoms with van der Waals surface area (Å²) in [5.74, 6) is -1.40. The van der Waals surface area contributed by atoms with Crippen LogP contribution in [0.5, 0.6) is 0 Å². The number of sulfone groups is 1. The van der Waals surface area contributed by atoms with Crippen LogP contribution in [-0.4, -0.2) is 40.3 Å². The molecule has 1 aliphatic rings. The molecular formula is C15H18ClN5O3S. The monoisotopic (exact) mass is 383 g/mol. The summed E-state index contributed by atoms with van der Waals surface area (Å²) >= 11 is 6.13. The Morgan fingerprint density at radius 2 is 2.08 bits per heavy atom. The fourth-order valence-corrected chi connectivity index (χ4v) is 4.13. The van der Waals surface area contributed by atoms with Gasteiger partial charge in [-0.25, -0.2) is 13.1 Å². The van der Waals surface area contributed by atoms with Gasteiger partial charge in [-0.2, -0.15) is 0 Å². The molecule has 1 N–H and O–H groups in total. The molecule has 0 bridgehead atoms. The van der Waals surface area contributed by atoms with E-state index in [-0.39, 0.29) is 17.6 Å². The van der Waals surface area contributed by atoms with Crippen molar-refractivity contribution in [3.63, 3.8) is 0 Å². The number of nitrogens with zero attached hydrogens (tertiary/aromatic N) is 4. The number of amides is 1. The topological polar surface area (TPSA) is 107 Å². The Morgan fingerprint density at radius 1 is 1.36 bits per heavy atom. The van der Waals surface area contributed by atoms with E-state index in [2.05, 4.69) is 20.8 Å². The molecule has 3 rings (SSSR count). The van der Waals surface area contributed by atoms with Gasteiger partial charge < -0.3 is 5.32 Å². The number of aromatic nitrogens is 4. The Morgan fingerprint density at radius 3 is 2.72 bits per heavy atom. The van der Waals surface area contributed by atoms with Gasteiger partial charge in [0.05, 0.1) is 16.8 Å². The minimum absolute atomic E-state index is 0.169. The molecule has 1 aromatic carbocycles. The first-order chi connectivity index (χ1) is 11.7. The molecule has 0 unspecified atom stereocenters. The van der Waals surface area contributed by atoms with Gasteiger partial charge in [0, 0.05) is 0 Å². The molecule has 0 saturated heterocycles. The zero-order valence-corrected chi connectivity index (χ0v) is 15.4. The van der Waals surface area contributed by atoms with Crippen LogP contribution in [0.1, 0.15) is 35.8 Å². The largest absolute Gasteiger partial charge is 0.324 e. The molecule has 8 nitrogen and oxygen atoms in total. The Bertz CT molecular complexity index is 898. The molecule has 1 aromatic heterocycles. The summed E-state index contributed by atoms with van der Waals surface area (Å²) in [6.45, 7) is 3.69. The standard InChI is InChI=1S/C15H18ClN5O3S/c1-9-5-10(2)15(12(16)6-9)17-14(22)8-25(23,24)7-13-18-19-20-21(13)11-3-4-11/h5-6,11H,3-4,7-8H2,1-2H3,(H,17,22). The summed E-state index contributed by atoms with van der Waals surface area (Å²) in [6.07, 6.45) is 1.87. The number of carbonyl (C=O) groups is 1. The first-order valence-corrected chi connectivity index (χ1v) is 9.99. The van der Waals surface area contributed by atoms with E-state index in [1.807, 2.05) is 13.0 Å². The van der Waals surface area contributed by atoms with Crippen LogP contribution >= 0.6 is 11.6 Å². The zero-order valence-electron chi connectivity index (χ0n) is 13.9. The van der Waals surface area contributed by atoms with Crippen molar-refractivity contribution < 1.29 is 13.2 Å². The fraction of sp³-hybridized carbons (Fsp3) is 0.467. The number of nitrogens with one attached hydrogen (secondary N) is 1. The zero-order chi connectivity index (χ0) is 18.2. The van der Waals surface area contributed by atoms with E-state index in [4.69, 9.17) is 11.6 Å². The lowest BCUT2D eigenvalue weighted by Crippen LogP contribution is -2.25. The first-order valence-electron chi connectivity index (χ1n) is 7.79. The number of hydrogen-bond donors (Lipinski definition) is 1. The molecule has 2 aromatic rings. The van der Waals surface area contributed by atoms with Crippen molar-refractivity contribution in [1.29, 1.82) is 0 Å². The summed E-state index contributed by atoms with van der Waals surface area (Å²) < 4.78 is 26.2. The van der Waals surface area contributed by atoms with Gasteiger partial charge in [-0.1, -0.05) is 17.7 Å². The van der Waals surface area contributed by atoms with E-state index in [1.54, 1.807) is 13.0 Å². The lowest BCUT2D eigenvalue weighted by molar-refractivity contribution is -0.113. The van der Waals surface area contributed by atoms with E-state index in [0.29, 0.717) is 10.7 Å². The Labute approximate surface area is 150 Å². The van der Waals surface area contributed by atoms with Crippen molar-refractivity contribution in [2.75, 3.05) is 11.1 Å². The molecule has 0 atom stereocenters. The minimum atomic E-state index is -3.70. The van der Waals surface area contributed by atoms with E-state index >= 15 is 0 Å². The first kappa shape index (κ1) is 17.8. The van der Waals surface area contributed by atoms with Crippen molar-refractivity contribution in [2.24, 2.45) is 0 Å². The average molecular weight is 384 g/mol. The number of hydrogen-bond acceptors (Lipinski definition) is 6. The van der Waals surface area contributed by atoms with E-state index < -0.39 is 21.5 Å². The van der Waals surface area contributed by atoms with E-state index in [9.17, 15) is 13.2 Å². The minimum Gasteiger partial charge on any atom is -0.324 e. The van der Waals surface area contributed by atoms with Gasteiger partial charge in [0.25, 0.3) is 0 Å². The predicted octanol–water partition coefficient (Wildman–Crippen LogP) is 1.83. The second-order valence-corrected chi connectivity index (χ2v) is 8.76. The molecule has 10 heteroatoms. The highest BCUT2D eigenvalue weighted by molar-refractivity contribution is 7.91. The summed E-state index contributed by atoms with van der Waals surface area (Å²) in [7, 11) is -3.70. The summed E-state index contributed by atoms with van der Waals surface area (Å²) in [4.78, 5) is 12.2. The van der Waals surface area contributed by atoms with Crippen LogP contribution in [0, 0.1) is 13.8 Å². The van der Waals surface area contributed by atoms with Gasteiger partial charge in [0.2, 0.25) is 5.91 Å². The van der Waals surface area contributed by atoms with Crippen molar-refractivity contribution >= 4 is 33.0 Å². The fourth-order valence-electron chi connectivity index (χ4n) is 2.61. The summed E-state index contributed by atoms with van der Waals surface area (Å²) in [6, 6.07) is 3.74. The van der Waals surface area contributed by atoms with E-state index in [0.717, 1.165) is 24.0 Å². The highest BCUT2D eigenvalue weighted by Crippen LogP contribution is 2.34. The van der Waals surface area contributed by atoms with Crippen molar-refractivity contribution in [2.45, 2.75) is 38.5 Å². The second-order valence-electron chi connectivity index (χ2n) is 6.29. The quantitative estimate of drug-likeness (QED) is 0.815. The molecular weight excluding hydrogens is 366 g/mol. The lowest BCUT2D eigenvalue weighted by Gasteiger charge is -2.12. The SMILES string of the molecule is Cc1cc(C)c(NC(=O)CS(=O)(=O)Cc2nnnn2C2CC2)c(Cl)c1. The Kier molecular flexibility index (Phi) is 4.79. The molecule has 1 aliphatic carbocycles. The lowest BCUT2D eigenvalue weighted by atomic mass is 10.1. The van der Waals surface area contributed by atoms with Gasteiger partial charge >= 0.3 is 0 Å². The van der Waals surface area contributed by atoms with Crippen LogP contribution in [-0.2, 0) is 20.4 Å². The van der Waals surface area contributed by atoms with Crippen molar-refractivity contribution in [3.05, 3.63) is 34.1 Å². The highest BCUT2D eigenvalue weighted by atomic mass is 35.5. The molecule has 1 heterocycles. The normalized spacial score (nSPS) is 14.5. The smallest absolute Gasteiger partial charge is 0.239 e. The number of halogens is 1. The maximum atomic E-state index is 12.3. The summed E-state index contributed by atoms with van der Waals surface area (Å²) in [5.41, 5.74) is 2.16. The number of rotatable bonds is 6. The number of tetrazole rings is 1. The number of benzene rings is 1. The van der Waals surface area contributed by atoms with Crippen molar-refractivity contribution in [1.82, 2.24) is 20.2 Å². The molecule has 1 amide bonds. The Balaban J connectivity index is 1.68. The molecule has 134 valence electrons. The molecule has 1 saturated carbocycles. The van der Waals surface area contributed by atoms with Crippen LogP contribution in [0.2, 0.25) is 5.02 Å². The van der Waals surface area contributed by atoms with Crippen LogP contribution in [0.3, 0.4) is 0 Å². The maximum absolute atomic E-state index is 12.3. The third-order valence-electron chi connectivity index (χ3n) is 3.85. The number of aryl methyl sites for hydroxylation is 2. The van der Waals surface area contributed by atoms with Crippen LogP contribution < -0.4 is 5.32 Å². The van der Waals surface area contributed by atoms with Gasteiger partial charge in [0.15, 0.2) is 15.7 Å². The molecule has 0 aliphatic heterocycles. The van der Waals surface area contributed by atoms with Crippen molar-refractivity contribution in [3.8, 4) is 0 Å². The molecule has 0 radical (unpaired) electrons. The van der Waals surface area contributed by atoms with E-state index in [1.165, 1.54) is 4.68 Å². The number of anilines is 1. The molecule has 25 heavy (non-hydrogen) atoms. The predicted molar refractivity (Wildman–Crippen MR) is 93.1 cm³/mol. The molecule has 1 fully saturated rings. The summed E-state index contributed by atoms with van der Waals surface area (Å²) in [5, 5.41) is 14.1. The van der Waals surface area contributed by atoms with Crippen LogP contribution in [0.25, 0.3) is 0 Å². The van der Waals surface area contributed by atoms with Gasteiger partial charge in [-0.15, -0.1) is 5.10 Å². The average Bonchev–Trinajstić information content (AvgIpc) is 3.23. The second kappa shape index (κ2) is 6.72. The molecule has 0 spiro atoms. The van der Waals surface area contributed by atoms with Crippen LogP contribution in [0.15, 0.2) is 12.1 Å². The van der Waals surface area contributed by atoms with Gasteiger partial charge in [-0.05, 0) is 54.3 Å².